The molecule has 0 aliphatic rings. The molecule has 12 heteroatoms. The second-order valence-corrected chi connectivity index (χ2v) is 5.83. The van der Waals surface area contributed by atoms with Crippen LogP contribution >= 0.6 is 0 Å². The lowest BCUT2D eigenvalue weighted by atomic mass is 10.3. The smallest absolute Gasteiger partial charge is 0.415 e. The van der Waals surface area contributed by atoms with Crippen LogP contribution in [0.25, 0.3) is 0 Å². The number of amides is 3. The number of nitrogens with zero attached hydrogens (tertiary/aromatic N) is 4. The summed E-state index contributed by atoms with van der Waals surface area (Å²) in [7, 11) is 1.15. The first-order valence-corrected chi connectivity index (χ1v) is 9.21. The fourth-order valence-corrected chi connectivity index (χ4v) is 2.32. The van der Waals surface area contributed by atoms with Gasteiger partial charge in [0.1, 0.15) is 5.69 Å². The Labute approximate surface area is 177 Å². The standard InChI is InChI=1S/C19H22N6O6/c1-4-25(5-2)19(29)31-14-11-13(24-23-12-9-7-6-8-10-12)15(22-18(28)30-3)20-16(14)21-17(26)27/h6-11H,4-5H2,1-3H3,(H,26,27)(H2,20,21,22,28). The van der Waals surface area contributed by atoms with E-state index in [1.807, 2.05) is 11.4 Å². The first-order chi connectivity index (χ1) is 14.9. The molecule has 164 valence electrons. The number of rotatable bonds is 7. The fraction of sp³-hybridized carbons (Fsp3) is 0.263. The summed E-state index contributed by atoms with van der Waals surface area (Å²) in [5, 5.41) is 21.6. The van der Waals surface area contributed by atoms with Gasteiger partial charge in [0.05, 0.1) is 12.8 Å². The third-order valence-electron chi connectivity index (χ3n) is 3.85. The number of carbonyl (C=O) groups excluding carboxylic acids is 2. The molecule has 0 saturated heterocycles. The van der Waals surface area contributed by atoms with Crippen molar-refractivity contribution in [2.24, 2.45) is 10.2 Å². The second-order valence-electron chi connectivity index (χ2n) is 5.83. The molecule has 2 rings (SSSR count). The Hall–Kier alpha value is -4.22. The maximum absolute atomic E-state index is 12.4. The first kappa shape index (κ1) is 23.1. The molecule has 1 aromatic carbocycles. The van der Waals surface area contributed by atoms with Gasteiger partial charge in [0.25, 0.3) is 0 Å². The summed E-state index contributed by atoms with van der Waals surface area (Å²) < 4.78 is 9.88. The minimum Gasteiger partial charge on any atom is -0.465 e. The maximum atomic E-state index is 12.4. The molecule has 3 amide bonds. The van der Waals surface area contributed by atoms with Crippen molar-refractivity contribution in [3.8, 4) is 5.75 Å². The quantitative estimate of drug-likeness (QED) is 0.542. The molecule has 0 radical (unpaired) electrons. The number of azo groups is 1. The molecule has 0 fully saturated rings. The first-order valence-electron chi connectivity index (χ1n) is 9.21. The van der Waals surface area contributed by atoms with Crippen molar-refractivity contribution >= 4 is 41.3 Å². The summed E-state index contributed by atoms with van der Waals surface area (Å²) in [6, 6.07) is 9.96. The van der Waals surface area contributed by atoms with Crippen LogP contribution in [0.3, 0.4) is 0 Å². The fourth-order valence-electron chi connectivity index (χ4n) is 2.32. The Morgan fingerprint density at radius 3 is 2.32 bits per heavy atom. The van der Waals surface area contributed by atoms with E-state index < -0.39 is 18.3 Å². The molecule has 0 bridgehead atoms. The summed E-state index contributed by atoms with van der Waals surface area (Å²) in [6.45, 7) is 4.30. The van der Waals surface area contributed by atoms with Crippen LogP contribution in [0.4, 0.5) is 37.4 Å². The molecule has 0 atom stereocenters. The monoisotopic (exact) mass is 430 g/mol. The lowest BCUT2D eigenvalue weighted by Gasteiger charge is -2.19. The molecule has 1 aromatic heterocycles. The largest absolute Gasteiger partial charge is 0.465 e. The topological polar surface area (TPSA) is 155 Å². The molecule has 0 unspecified atom stereocenters. The average molecular weight is 430 g/mol. The molecule has 12 nitrogen and oxygen atoms in total. The van der Waals surface area contributed by atoms with E-state index in [9.17, 15) is 14.4 Å². The number of hydrogen-bond acceptors (Lipinski definition) is 8. The zero-order valence-electron chi connectivity index (χ0n) is 17.2. The van der Waals surface area contributed by atoms with Gasteiger partial charge in [0, 0.05) is 19.2 Å². The summed E-state index contributed by atoms with van der Waals surface area (Å²) in [4.78, 5) is 40.7. The van der Waals surface area contributed by atoms with Crippen LogP contribution in [-0.4, -0.2) is 53.5 Å². The minimum absolute atomic E-state index is 0.00698. The maximum Gasteiger partial charge on any atom is 0.415 e. The lowest BCUT2D eigenvalue weighted by Crippen LogP contribution is -2.33. The van der Waals surface area contributed by atoms with Crippen molar-refractivity contribution in [3.05, 3.63) is 36.4 Å². The van der Waals surface area contributed by atoms with Crippen molar-refractivity contribution in [2.75, 3.05) is 30.8 Å². The van der Waals surface area contributed by atoms with Crippen LogP contribution in [-0.2, 0) is 4.74 Å². The number of methoxy groups -OCH3 is 1. The highest BCUT2D eigenvalue weighted by atomic mass is 16.6. The van der Waals surface area contributed by atoms with Gasteiger partial charge in [0.2, 0.25) is 0 Å². The van der Waals surface area contributed by atoms with Crippen LogP contribution in [0.15, 0.2) is 46.6 Å². The number of nitrogens with one attached hydrogen (secondary N) is 2. The molecule has 0 saturated carbocycles. The van der Waals surface area contributed by atoms with Gasteiger partial charge in [-0.05, 0) is 26.0 Å². The lowest BCUT2D eigenvalue weighted by molar-refractivity contribution is 0.157. The van der Waals surface area contributed by atoms with E-state index in [1.54, 1.807) is 38.1 Å². The van der Waals surface area contributed by atoms with Crippen molar-refractivity contribution in [1.29, 1.82) is 0 Å². The van der Waals surface area contributed by atoms with Gasteiger partial charge in [-0.2, -0.15) is 5.11 Å². The number of pyridine rings is 1. The average Bonchev–Trinajstić information content (AvgIpc) is 2.75. The van der Waals surface area contributed by atoms with Crippen molar-refractivity contribution in [1.82, 2.24) is 9.88 Å². The molecule has 0 aliphatic carbocycles. The van der Waals surface area contributed by atoms with E-state index in [4.69, 9.17) is 9.84 Å². The molecule has 0 spiro atoms. The van der Waals surface area contributed by atoms with Gasteiger partial charge >= 0.3 is 18.3 Å². The van der Waals surface area contributed by atoms with E-state index in [0.29, 0.717) is 18.8 Å². The highest BCUT2D eigenvalue weighted by Crippen LogP contribution is 2.35. The number of anilines is 2. The van der Waals surface area contributed by atoms with Crippen molar-refractivity contribution in [3.63, 3.8) is 0 Å². The molecular formula is C19H22N6O6. The second kappa shape index (κ2) is 11.1. The summed E-state index contributed by atoms with van der Waals surface area (Å²) in [6.07, 6.45) is -3.02. The Kier molecular flexibility index (Phi) is 8.25. The number of carbonyl (C=O) groups is 3. The highest BCUT2D eigenvalue weighted by Gasteiger charge is 2.21. The highest BCUT2D eigenvalue weighted by molar-refractivity contribution is 5.91. The van der Waals surface area contributed by atoms with E-state index in [1.165, 1.54) is 11.0 Å². The van der Waals surface area contributed by atoms with Crippen LogP contribution in [0.1, 0.15) is 13.8 Å². The van der Waals surface area contributed by atoms with Gasteiger partial charge in [-0.15, -0.1) is 5.11 Å². The zero-order chi connectivity index (χ0) is 22.8. The normalized spacial score (nSPS) is 10.4. The molecule has 1 heterocycles. The predicted molar refractivity (Wildman–Crippen MR) is 111 cm³/mol. The minimum atomic E-state index is -1.45. The Morgan fingerprint density at radius 1 is 1.06 bits per heavy atom. The zero-order valence-corrected chi connectivity index (χ0v) is 17.2. The van der Waals surface area contributed by atoms with Gasteiger partial charge < -0.3 is 19.5 Å². The van der Waals surface area contributed by atoms with Crippen molar-refractivity contribution < 1.29 is 29.0 Å². The summed E-state index contributed by atoms with van der Waals surface area (Å²) in [5.41, 5.74) is 0.522. The van der Waals surface area contributed by atoms with E-state index in [-0.39, 0.29) is 23.1 Å². The van der Waals surface area contributed by atoms with E-state index in [0.717, 1.165) is 7.11 Å². The third-order valence-corrected chi connectivity index (χ3v) is 3.85. The van der Waals surface area contributed by atoms with Gasteiger partial charge in [-0.25, -0.2) is 19.4 Å². The Morgan fingerprint density at radius 2 is 1.74 bits per heavy atom. The number of aromatic nitrogens is 1. The van der Waals surface area contributed by atoms with Gasteiger partial charge in [-0.3, -0.25) is 10.6 Å². The van der Waals surface area contributed by atoms with Gasteiger partial charge in [-0.1, -0.05) is 18.2 Å². The molecular weight excluding hydrogens is 408 g/mol. The van der Waals surface area contributed by atoms with Crippen molar-refractivity contribution in [2.45, 2.75) is 13.8 Å². The summed E-state index contributed by atoms with van der Waals surface area (Å²) in [5.74, 6) is -0.687. The van der Waals surface area contributed by atoms with E-state index >= 15 is 0 Å². The summed E-state index contributed by atoms with van der Waals surface area (Å²) >= 11 is 0. The van der Waals surface area contributed by atoms with Crippen LogP contribution in [0.5, 0.6) is 5.75 Å². The molecule has 31 heavy (non-hydrogen) atoms. The number of hydrogen-bond donors (Lipinski definition) is 3. The van der Waals surface area contributed by atoms with Crippen LogP contribution in [0.2, 0.25) is 0 Å². The predicted octanol–water partition coefficient (Wildman–Crippen LogP) is 4.61. The molecule has 0 aliphatic heterocycles. The SMILES string of the molecule is CCN(CC)C(=O)Oc1cc(N=Nc2ccccc2)c(NC(=O)OC)nc1NC(=O)O. The van der Waals surface area contributed by atoms with Crippen LogP contribution in [0, 0.1) is 0 Å². The molecule has 3 N–H and O–H groups in total. The molecule has 2 aromatic rings. The van der Waals surface area contributed by atoms with Crippen LogP contribution < -0.4 is 15.4 Å². The Bertz CT molecular complexity index is 962. The third kappa shape index (κ3) is 6.66. The number of benzene rings is 1. The van der Waals surface area contributed by atoms with Gasteiger partial charge in [0.15, 0.2) is 17.4 Å². The Balaban J connectivity index is 2.53. The number of carboxylic acid groups (broad SMARTS) is 1. The number of ether oxygens (including phenoxy) is 2. The van der Waals surface area contributed by atoms with E-state index in [2.05, 4.69) is 25.3 Å².